The number of hydrogen-bond acceptors (Lipinski definition) is 4. The Balaban J connectivity index is 2.02. The number of aromatic nitrogens is 1. The summed E-state index contributed by atoms with van der Waals surface area (Å²) >= 11 is 6.94. The van der Waals surface area contributed by atoms with Crippen molar-refractivity contribution in [3.05, 3.63) is 23.9 Å². The molecule has 1 aliphatic heterocycles. The highest BCUT2D eigenvalue weighted by atomic mass is 32.2. The molecule has 0 spiro atoms. The number of hydrogen-bond donors (Lipinski definition) is 2. The predicted octanol–water partition coefficient (Wildman–Crippen LogP) is 2.02. The van der Waals surface area contributed by atoms with E-state index in [1.807, 2.05) is 23.9 Å². The Morgan fingerprint density at radius 3 is 3.19 bits per heavy atom. The van der Waals surface area contributed by atoms with Gasteiger partial charge in [0.05, 0.1) is 0 Å². The van der Waals surface area contributed by atoms with Gasteiger partial charge in [-0.25, -0.2) is 4.98 Å². The average Bonchev–Trinajstić information content (AvgIpc) is 2.30. The SMILES string of the molecule is NC(=S)c1ccnc(NC2CCCSC2)c1. The number of thioether (sulfide) groups is 1. The Morgan fingerprint density at radius 2 is 2.50 bits per heavy atom. The van der Waals surface area contributed by atoms with E-state index in [1.165, 1.54) is 18.6 Å². The third kappa shape index (κ3) is 3.09. The Kier molecular flexibility index (Phi) is 4.01. The van der Waals surface area contributed by atoms with Crippen molar-refractivity contribution in [2.75, 3.05) is 16.8 Å². The van der Waals surface area contributed by atoms with Crippen LogP contribution in [-0.2, 0) is 0 Å². The lowest BCUT2D eigenvalue weighted by Crippen LogP contribution is -2.26. The van der Waals surface area contributed by atoms with E-state index in [2.05, 4.69) is 10.3 Å². The van der Waals surface area contributed by atoms with Crippen LogP contribution in [0.1, 0.15) is 18.4 Å². The van der Waals surface area contributed by atoms with E-state index in [-0.39, 0.29) is 0 Å². The summed E-state index contributed by atoms with van der Waals surface area (Å²) < 4.78 is 0. The molecule has 0 amide bonds. The highest BCUT2D eigenvalue weighted by molar-refractivity contribution is 7.99. The van der Waals surface area contributed by atoms with Gasteiger partial charge in [-0.2, -0.15) is 11.8 Å². The molecular weight excluding hydrogens is 238 g/mol. The summed E-state index contributed by atoms with van der Waals surface area (Å²) in [7, 11) is 0. The number of anilines is 1. The lowest BCUT2D eigenvalue weighted by atomic mass is 10.2. The first kappa shape index (κ1) is 11.7. The minimum atomic E-state index is 0.420. The highest BCUT2D eigenvalue weighted by Gasteiger charge is 2.13. The molecule has 1 aromatic rings. The Bertz CT molecular complexity index is 375. The molecule has 0 aliphatic carbocycles. The van der Waals surface area contributed by atoms with E-state index >= 15 is 0 Å². The average molecular weight is 253 g/mol. The molecule has 1 atom stereocenters. The number of pyridine rings is 1. The van der Waals surface area contributed by atoms with Crippen molar-refractivity contribution in [1.82, 2.24) is 4.98 Å². The van der Waals surface area contributed by atoms with Crippen LogP contribution in [0.15, 0.2) is 18.3 Å². The molecule has 2 rings (SSSR count). The van der Waals surface area contributed by atoms with E-state index in [4.69, 9.17) is 18.0 Å². The summed E-state index contributed by atoms with van der Waals surface area (Å²) in [5, 5.41) is 3.43. The highest BCUT2D eigenvalue weighted by Crippen LogP contribution is 2.20. The first-order valence-corrected chi connectivity index (χ1v) is 6.92. The van der Waals surface area contributed by atoms with Crippen molar-refractivity contribution >= 4 is 34.8 Å². The number of nitrogens with one attached hydrogen (secondary N) is 1. The summed E-state index contributed by atoms with van der Waals surface area (Å²) in [4.78, 5) is 4.70. The quantitative estimate of drug-likeness (QED) is 0.807. The van der Waals surface area contributed by atoms with Crippen LogP contribution in [0.2, 0.25) is 0 Å². The van der Waals surface area contributed by atoms with Crippen molar-refractivity contribution in [2.24, 2.45) is 5.73 Å². The second-order valence-electron chi connectivity index (χ2n) is 3.85. The largest absolute Gasteiger partial charge is 0.389 e. The molecule has 1 saturated heterocycles. The Morgan fingerprint density at radius 1 is 1.62 bits per heavy atom. The van der Waals surface area contributed by atoms with Gasteiger partial charge in [-0.1, -0.05) is 12.2 Å². The van der Waals surface area contributed by atoms with Crippen molar-refractivity contribution < 1.29 is 0 Å². The van der Waals surface area contributed by atoms with Gasteiger partial charge in [0.25, 0.3) is 0 Å². The third-order valence-corrected chi connectivity index (χ3v) is 4.01. The molecule has 86 valence electrons. The molecule has 2 heterocycles. The Hall–Kier alpha value is -0.810. The van der Waals surface area contributed by atoms with Crippen LogP contribution in [0.4, 0.5) is 5.82 Å². The molecule has 16 heavy (non-hydrogen) atoms. The van der Waals surface area contributed by atoms with Gasteiger partial charge in [0.2, 0.25) is 0 Å². The smallest absolute Gasteiger partial charge is 0.126 e. The van der Waals surface area contributed by atoms with Crippen molar-refractivity contribution in [3.63, 3.8) is 0 Å². The van der Waals surface area contributed by atoms with Crippen LogP contribution < -0.4 is 11.1 Å². The van der Waals surface area contributed by atoms with Crippen LogP contribution in [0, 0.1) is 0 Å². The third-order valence-electron chi connectivity index (χ3n) is 2.56. The summed E-state index contributed by atoms with van der Waals surface area (Å²) in [5.41, 5.74) is 6.46. The van der Waals surface area contributed by atoms with E-state index in [9.17, 15) is 0 Å². The minimum absolute atomic E-state index is 0.420. The molecule has 0 bridgehead atoms. The topological polar surface area (TPSA) is 50.9 Å². The summed E-state index contributed by atoms with van der Waals surface area (Å²) in [5.74, 6) is 3.30. The van der Waals surface area contributed by atoms with Gasteiger partial charge in [0, 0.05) is 23.6 Å². The molecule has 3 nitrogen and oxygen atoms in total. The zero-order valence-electron chi connectivity index (χ0n) is 8.98. The summed E-state index contributed by atoms with van der Waals surface area (Å²) in [6, 6.07) is 4.28. The van der Waals surface area contributed by atoms with Crippen LogP contribution >= 0.6 is 24.0 Å². The van der Waals surface area contributed by atoms with Crippen molar-refractivity contribution in [2.45, 2.75) is 18.9 Å². The maximum absolute atomic E-state index is 5.59. The zero-order valence-corrected chi connectivity index (χ0v) is 10.6. The molecule has 1 aliphatic rings. The minimum Gasteiger partial charge on any atom is -0.389 e. The monoisotopic (exact) mass is 253 g/mol. The van der Waals surface area contributed by atoms with Gasteiger partial charge >= 0.3 is 0 Å². The molecular formula is C11H15N3S2. The van der Waals surface area contributed by atoms with Crippen LogP contribution in [-0.4, -0.2) is 27.5 Å². The first-order chi connectivity index (χ1) is 7.75. The summed E-state index contributed by atoms with van der Waals surface area (Å²) in [6.45, 7) is 0. The molecule has 0 aromatic carbocycles. The van der Waals surface area contributed by atoms with Gasteiger partial charge in [-0.05, 0) is 30.7 Å². The number of thiocarbonyl (C=S) groups is 1. The lowest BCUT2D eigenvalue weighted by molar-refractivity contribution is 0.682. The fourth-order valence-electron chi connectivity index (χ4n) is 1.73. The predicted molar refractivity (Wildman–Crippen MR) is 74.1 cm³/mol. The second kappa shape index (κ2) is 5.50. The number of rotatable bonds is 3. The normalized spacial score (nSPS) is 20.4. The fraction of sp³-hybridized carbons (Fsp3) is 0.455. The van der Waals surface area contributed by atoms with Gasteiger partial charge in [0.1, 0.15) is 10.8 Å². The van der Waals surface area contributed by atoms with Gasteiger partial charge < -0.3 is 11.1 Å². The fourth-order valence-corrected chi connectivity index (χ4v) is 2.93. The lowest BCUT2D eigenvalue weighted by Gasteiger charge is -2.23. The maximum Gasteiger partial charge on any atom is 0.126 e. The maximum atomic E-state index is 5.59. The van der Waals surface area contributed by atoms with Crippen molar-refractivity contribution in [3.8, 4) is 0 Å². The molecule has 1 unspecified atom stereocenters. The summed E-state index contributed by atoms with van der Waals surface area (Å²) in [6.07, 6.45) is 4.23. The van der Waals surface area contributed by atoms with Gasteiger partial charge in [0.15, 0.2) is 0 Å². The molecule has 5 heteroatoms. The van der Waals surface area contributed by atoms with Crippen LogP contribution in [0.5, 0.6) is 0 Å². The molecule has 1 aromatic heterocycles. The first-order valence-electron chi connectivity index (χ1n) is 5.36. The number of nitrogens with two attached hydrogens (primary N) is 1. The van der Waals surface area contributed by atoms with E-state index in [0.717, 1.165) is 17.1 Å². The Labute approximate surface area is 105 Å². The number of nitrogens with zero attached hydrogens (tertiary/aromatic N) is 1. The molecule has 3 N–H and O–H groups in total. The molecule has 1 fully saturated rings. The second-order valence-corrected chi connectivity index (χ2v) is 5.44. The van der Waals surface area contributed by atoms with E-state index < -0.39 is 0 Å². The van der Waals surface area contributed by atoms with Crippen molar-refractivity contribution in [1.29, 1.82) is 0 Å². The van der Waals surface area contributed by atoms with Crippen LogP contribution in [0.25, 0.3) is 0 Å². The van der Waals surface area contributed by atoms with Crippen LogP contribution in [0.3, 0.4) is 0 Å². The van der Waals surface area contributed by atoms with E-state index in [0.29, 0.717) is 11.0 Å². The van der Waals surface area contributed by atoms with Gasteiger partial charge in [-0.15, -0.1) is 0 Å². The van der Waals surface area contributed by atoms with E-state index in [1.54, 1.807) is 6.20 Å². The molecule has 0 saturated carbocycles. The standard InChI is InChI=1S/C11H15N3S2/c12-11(15)8-3-4-13-10(6-8)14-9-2-1-5-16-7-9/h3-4,6,9H,1-2,5,7H2,(H2,12,15)(H,13,14). The zero-order chi connectivity index (χ0) is 11.4. The van der Waals surface area contributed by atoms with Gasteiger partial charge in [-0.3, -0.25) is 0 Å². The molecule has 0 radical (unpaired) electrons.